The monoisotopic (exact) mass is 424 g/mol. The van der Waals surface area contributed by atoms with E-state index in [1.54, 1.807) is 17.0 Å². The molecule has 0 saturated carbocycles. The molecular formula is C25H32N2O4. The Bertz CT molecular complexity index is 862. The standard InChI is InChI=1S/C25H32N2O4/c1-18(2)14-16-30-22-10-6-20(7-11-22)19(3)26-24(28)17-31-23-12-8-21(9-13-23)27-15-4-5-25(27)29/h6-13,18-19H,4-5,14-17H2,1-3H3,(H,26,28). The van der Waals surface area contributed by atoms with Gasteiger partial charge in [0.25, 0.3) is 5.91 Å². The van der Waals surface area contributed by atoms with Gasteiger partial charge < -0.3 is 19.7 Å². The number of amides is 2. The summed E-state index contributed by atoms with van der Waals surface area (Å²) in [5, 5.41) is 2.95. The Balaban J connectivity index is 1.43. The molecule has 1 unspecified atom stereocenters. The first kappa shape index (κ1) is 22.7. The minimum Gasteiger partial charge on any atom is -0.494 e. The maximum atomic E-state index is 12.3. The maximum Gasteiger partial charge on any atom is 0.258 e. The van der Waals surface area contributed by atoms with E-state index in [0.717, 1.165) is 36.4 Å². The third-order valence-corrected chi connectivity index (χ3v) is 5.31. The summed E-state index contributed by atoms with van der Waals surface area (Å²) in [6.07, 6.45) is 2.52. The molecule has 31 heavy (non-hydrogen) atoms. The molecule has 1 aliphatic rings. The Hall–Kier alpha value is -3.02. The van der Waals surface area contributed by atoms with Gasteiger partial charge in [0.05, 0.1) is 12.6 Å². The molecule has 0 spiro atoms. The molecule has 1 fully saturated rings. The van der Waals surface area contributed by atoms with Crippen molar-refractivity contribution in [2.24, 2.45) is 5.92 Å². The minimum atomic E-state index is -0.191. The summed E-state index contributed by atoms with van der Waals surface area (Å²) in [6, 6.07) is 14.9. The van der Waals surface area contributed by atoms with Gasteiger partial charge in [-0.3, -0.25) is 9.59 Å². The first-order valence-corrected chi connectivity index (χ1v) is 11.0. The lowest BCUT2D eigenvalue weighted by molar-refractivity contribution is -0.123. The van der Waals surface area contributed by atoms with Gasteiger partial charge in [0.2, 0.25) is 5.91 Å². The van der Waals surface area contributed by atoms with Crippen LogP contribution in [0, 0.1) is 5.92 Å². The fourth-order valence-corrected chi connectivity index (χ4v) is 3.42. The van der Waals surface area contributed by atoms with E-state index in [-0.39, 0.29) is 24.5 Å². The number of benzene rings is 2. The minimum absolute atomic E-state index is 0.0667. The van der Waals surface area contributed by atoms with E-state index >= 15 is 0 Å². The number of anilines is 1. The van der Waals surface area contributed by atoms with Crippen molar-refractivity contribution in [1.82, 2.24) is 5.32 Å². The fraction of sp³-hybridized carbons (Fsp3) is 0.440. The Labute approximate surface area is 184 Å². The van der Waals surface area contributed by atoms with Gasteiger partial charge in [-0.05, 0) is 67.6 Å². The van der Waals surface area contributed by atoms with E-state index < -0.39 is 0 Å². The molecule has 0 aromatic heterocycles. The quantitative estimate of drug-likeness (QED) is 0.610. The summed E-state index contributed by atoms with van der Waals surface area (Å²) in [5.74, 6) is 2.01. The molecule has 1 heterocycles. The second-order valence-corrected chi connectivity index (χ2v) is 8.32. The Kier molecular flexibility index (Phi) is 7.93. The van der Waals surface area contributed by atoms with Crippen molar-refractivity contribution >= 4 is 17.5 Å². The van der Waals surface area contributed by atoms with Crippen molar-refractivity contribution in [3.63, 3.8) is 0 Å². The van der Waals surface area contributed by atoms with Crippen LogP contribution in [0.25, 0.3) is 0 Å². The molecule has 1 N–H and O–H groups in total. The van der Waals surface area contributed by atoms with Crippen LogP contribution in [-0.2, 0) is 9.59 Å². The number of carbonyl (C=O) groups excluding carboxylic acids is 2. The summed E-state index contributed by atoms with van der Waals surface area (Å²) in [6.45, 7) is 7.68. The average molecular weight is 425 g/mol. The highest BCUT2D eigenvalue weighted by Gasteiger charge is 2.21. The third kappa shape index (κ3) is 6.74. The molecule has 166 valence electrons. The molecule has 2 aromatic carbocycles. The van der Waals surface area contributed by atoms with Gasteiger partial charge in [-0.25, -0.2) is 0 Å². The predicted octanol–water partition coefficient (Wildman–Crippen LogP) is 4.49. The highest BCUT2D eigenvalue weighted by atomic mass is 16.5. The maximum absolute atomic E-state index is 12.3. The topological polar surface area (TPSA) is 67.9 Å². The summed E-state index contributed by atoms with van der Waals surface area (Å²) < 4.78 is 11.3. The van der Waals surface area contributed by atoms with Crippen LogP contribution < -0.4 is 19.7 Å². The van der Waals surface area contributed by atoms with Crippen LogP contribution in [0.5, 0.6) is 11.5 Å². The number of carbonyl (C=O) groups is 2. The van der Waals surface area contributed by atoms with Gasteiger partial charge in [0.1, 0.15) is 11.5 Å². The van der Waals surface area contributed by atoms with Crippen molar-refractivity contribution in [2.45, 2.75) is 46.1 Å². The lowest BCUT2D eigenvalue weighted by atomic mass is 10.1. The van der Waals surface area contributed by atoms with Crippen molar-refractivity contribution in [2.75, 3.05) is 24.7 Å². The lowest BCUT2D eigenvalue weighted by Gasteiger charge is -2.17. The molecule has 0 radical (unpaired) electrons. The van der Waals surface area contributed by atoms with Gasteiger partial charge >= 0.3 is 0 Å². The van der Waals surface area contributed by atoms with Crippen LogP contribution >= 0.6 is 0 Å². The van der Waals surface area contributed by atoms with Gasteiger partial charge in [0, 0.05) is 18.7 Å². The molecule has 1 atom stereocenters. The molecule has 2 amide bonds. The van der Waals surface area contributed by atoms with Crippen molar-refractivity contribution in [1.29, 1.82) is 0 Å². The number of ether oxygens (including phenoxy) is 2. The molecule has 1 saturated heterocycles. The van der Waals surface area contributed by atoms with E-state index in [1.165, 1.54) is 0 Å². The molecule has 0 bridgehead atoms. The lowest BCUT2D eigenvalue weighted by Crippen LogP contribution is -2.31. The number of hydrogen-bond acceptors (Lipinski definition) is 4. The largest absolute Gasteiger partial charge is 0.494 e. The molecular weight excluding hydrogens is 392 g/mol. The van der Waals surface area contributed by atoms with E-state index in [4.69, 9.17) is 9.47 Å². The van der Waals surface area contributed by atoms with Crippen LogP contribution in [-0.4, -0.2) is 31.6 Å². The smallest absolute Gasteiger partial charge is 0.258 e. The molecule has 1 aliphatic heterocycles. The molecule has 3 rings (SSSR count). The van der Waals surface area contributed by atoms with Crippen molar-refractivity contribution < 1.29 is 19.1 Å². The SMILES string of the molecule is CC(C)CCOc1ccc(C(C)NC(=O)COc2ccc(N3CCCC3=O)cc2)cc1. The highest BCUT2D eigenvalue weighted by Crippen LogP contribution is 2.24. The number of hydrogen-bond donors (Lipinski definition) is 1. The fourth-order valence-electron chi connectivity index (χ4n) is 3.42. The second kappa shape index (κ2) is 10.8. The highest BCUT2D eigenvalue weighted by molar-refractivity contribution is 5.95. The Morgan fingerprint density at radius 3 is 2.26 bits per heavy atom. The molecule has 0 aliphatic carbocycles. The second-order valence-electron chi connectivity index (χ2n) is 8.32. The van der Waals surface area contributed by atoms with Gasteiger partial charge in [-0.1, -0.05) is 26.0 Å². The van der Waals surface area contributed by atoms with Crippen molar-refractivity contribution in [3.05, 3.63) is 54.1 Å². The summed E-state index contributed by atoms with van der Waals surface area (Å²) in [4.78, 5) is 25.9. The van der Waals surface area contributed by atoms with E-state index in [9.17, 15) is 9.59 Å². The molecule has 6 heteroatoms. The predicted molar refractivity (Wildman–Crippen MR) is 121 cm³/mol. The van der Waals surface area contributed by atoms with Crippen LogP contribution in [0.3, 0.4) is 0 Å². The van der Waals surface area contributed by atoms with E-state index in [0.29, 0.717) is 24.7 Å². The first-order valence-electron chi connectivity index (χ1n) is 11.0. The summed E-state index contributed by atoms with van der Waals surface area (Å²) >= 11 is 0. The van der Waals surface area contributed by atoms with Gasteiger partial charge in [0.15, 0.2) is 6.61 Å². The zero-order valence-corrected chi connectivity index (χ0v) is 18.6. The van der Waals surface area contributed by atoms with E-state index in [2.05, 4.69) is 19.2 Å². The van der Waals surface area contributed by atoms with Gasteiger partial charge in [-0.15, -0.1) is 0 Å². The normalized spacial score (nSPS) is 14.6. The van der Waals surface area contributed by atoms with Gasteiger partial charge in [-0.2, -0.15) is 0 Å². The average Bonchev–Trinajstić information content (AvgIpc) is 3.18. The van der Waals surface area contributed by atoms with Crippen LogP contribution in [0.2, 0.25) is 0 Å². The van der Waals surface area contributed by atoms with Crippen LogP contribution in [0.4, 0.5) is 5.69 Å². The van der Waals surface area contributed by atoms with Crippen molar-refractivity contribution in [3.8, 4) is 11.5 Å². The molecule has 2 aromatic rings. The number of nitrogens with one attached hydrogen (secondary N) is 1. The zero-order chi connectivity index (χ0) is 22.2. The first-order chi connectivity index (χ1) is 14.9. The Morgan fingerprint density at radius 2 is 1.65 bits per heavy atom. The molecule has 6 nitrogen and oxygen atoms in total. The number of rotatable bonds is 10. The summed E-state index contributed by atoms with van der Waals surface area (Å²) in [5.41, 5.74) is 1.87. The van der Waals surface area contributed by atoms with Crippen LogP contribution in [0.1, 0.15) is 51.6 Å². The number of nitrogens with zero attached hydrogens (tertiary/aromatic N) is 1. The van der Waals surface area contributed by atoms with Crippen LogP contribution in [0.15, 0.2) is 48.5 Å². The zero-order valence-electron chi connectivity index (χ0n) is 18.6. The van der Waals surface area contributed by atoms with E-state index in [1.807, 2.05) is 43.3 Å². The third-order valence-electron chi connectivity index (χ3n) is 5.31. The summed E-state index contributed by atoms with van der Waals surface area (Å²) in [7, 11) is 0. The Morgan fingerprint density at radius 1 is 1.00 bits per heavy atom.